The summed E-state index contributed by atoms with van der Waals surface area (Å²) in [5.74, 6) is -1.16. The van der Waals surface area contributed by atoms with E-state index in [1.54, 1.807) is 24.3 Å². The fourth-order valence-electron chi connectivity index (χ4n) is 2.02. The second-order valence-electron chi connectivity index (χ2n) is 4.88. The maximum atomic E-state index is 12.4. The zero-order valence-electron chi connectivity index (χ0n) is 13.0. The van der Waals surface area contributed by atoms with Crippen LogP contribution in [0, 0.1) is 11.3 Å². The standard InChI is InChI=1S/C17H13Cl2N3O3/c18-13-3-1-4-14(10-13)22(8-2-6-20)16(23)11-25-17(24)12-5-7-21-15(19)9-12/h1,3-5,7,9-10H,2,8,11H2. The summed E-state index contributed by atoms with van der Waals surface area (Å²) in [6.07, 6.45) is 1.50. The van der Waals surface area contributed by atoms with E-state index in [1.807, 2.05) is 6.07 Å². The molecule has 1 amide bonds. The number of benzene rings is 1. The Labute approximate surface area is 154 Å². The molecule has 0 radical (unpaired) electrons. The summed E-state index contributed by atoms with van der Waals surface area (Å²) in [4.78, 5) is 29.5. The number of hydrogen-bond donors (Lipinski definition) is 0. The smallest absolute Gasteiger partial charge is 0.338 e. The second kappa shape index (κ2) is 9.02. The minimum Gasteiger partial charge on any atom is -0.452 e. The number of esters is 1. The molecule has 0 bridgehead atoms. The topological polar surface area (TPSA) is 83.3 Å². The summed E-state index contributed by atoms with van der Waals surface area (Å²) < 4.78 is 5.03. The van der Waals surface area contributed by atoms with Gasteiger partial charge in [-0.05, 0) is 30.3 Å². The van der Waals surface area contributed by atoms with E-state index < -0.39 is 18.5 Å². The zero-order valence-corrected chi connectivity index (χ0v) is 14.5. The van der Waals surface area contributed by atoms with E-state index in [1.165, 1.54) is 23.2 Å². The van der Waals surface area contributed by atoms with E-state index in [-0.39, 0.29) is 23.7 Å². The van der Waals surface area contributed by atoms with Crippen molar-refractivity contribution < 1.29 is 14.3 Å². The second-order valence-corrected chi connectivity index (χ2v) is 5.70. The Morgan fingerprint density at radius 2 is 2.04 bits per heavy atom. The van der Waals surface area contributed by atoms with Gasteiger partial charge in [0, 0.05) is 23.5 Å². The van der Waals surface area contributed by atoms with Crippen molar-refractivity contribution >= 4 is 40.8 Å². The number of nitrogens with zero attached hydrogens (tertiary/aromatic N) is 3. The Morgan fingerprint density at radius 1 is 1.24 bits per heavy atom. The van der Waals surface area contributed by atoms with Gasteiger partial charge in [-0.15, -0.1) is 0 Å². The van der Waals surface area contributed by atoms with Crippen LogP contribution in [0.25, 0.3) is 0 Å². The maximum Gasteiger partial charge on any atom is 0.338 e. The molecule has 6 nitrogen and oxygen atoms in total. The molecule has 128 valence electrons. The first-order chi connectivity index (χ1) is 12.0. The van der Waals surface area contributed by atoms with Gasteiger partial charge in [0.25, 0.3) is 5.91 Å². The Bertz CT molecular complexity index is 821. The maximum absolute atomic E-state index is 12.4. The molecule has 0 spiro atoms. The molecule has 0 fully saturated rings. The summed E-state index contributed by atoms with van der Waals surface area (Å²) in [6, 6.07) is 11.4. The van der Waals surface area contributed by atoms with Gasteiger partial charge in [-0.1, -0.05) is 29.3 Å². The van der Waals surface area contributed by atoms with Gasteiger partial charge in [0.15, 0.2) is 6.61 Å². The number of anilines is 1. The Kier molecular flexibility index (Phi) is 6.75. The molecule has 0 aliphatic carbocycles. The van der Waals surface area contributed by atoms with Gasteiger partial charge in [0.2, 0.25) is 0 Å². The molecular formula is C17H13Cl2N3O3. The van der Waals surface area contributed by atoms with Crippen LogP contribution in [0.5, 0.6) is 0 Å². The molecule has 0 saturated heterocycles. The first-order valence-corrected chi connectivity index (χ1v) is 7.98. The van der Waals surface area contributed by atoms with Crippen molar-refractivity contribution in [2.24, 2.45) is 0 Å². The van der Waals surface area contributed by atoms with Crippen LogP contribution in [0.3, 0.4) is 0 Å². The summed E-state index contributed by atoms with van der Waals surface area (Å²) in [6.45, 7) is -0.314. The third-order valence-corrected chi connectivity index (χ3v) is 3.60. The summed E-state index contributed by atoms with van der Waals surface area (Å²) in [5.41, 5.74) is 0.717. The highest BCUT2D eigenvalue weighted by molar-refractivity contribution is 6.31. The third kappa shape index (κ3) is 5.45. The first kappa shape index (κ1) is 18.7. The largest absolute Gasteiger partial charge is 0.452 e. The Morgan fingerprint density at radius 3 is 2.72 bits per heavy atom. The van der Waals surface area contributed by atoms with E-state index in [0.717, 1.165) is 0 Å². The number of amides is 1. The molecule has 0 aliphatic heterocycles. The van der Waals surface area contributed by atoms with Crippen molar-refractivity contribution in [2.45, 2.75) is 6.42 Å². The molecule has 25 heavy (non-hydrogen) atoms. The average molecular weight is 378 g/mol. The lowest BCUT2D eigenvalue weighted by molar-refractivity contribution is -0.121. The van der Waals surface area contributed by atoms with Gasteiger partial charge in [0.1, 0.15) is 5.15 Å². The fourth-order valence-corrected chi connectivity index (χ4v) is 2.38. The van der Waals surface area contributed by atoms with Crippen LogP contribution < -0.4 is 4.90 Å². The quantitative estimate of drug-likeness (QED) is 0.568. The fraction of sp³-hybridized carbons (Fsp3) is 0.176. The number of pyridine rings is 1. The highest BCUT2D eigenvalue weighted by Gasteiger charge is 2.18. The number of nitriles is 1. The minimum atomic E-state index is -0.691. The molecule has 1 aromatic heterocycles. The van der Waals surface area contributed by atoms with Crippen LogP contribution in [0.15, 0.2) is 42.6 Å². The van der Waals surface area contributed by atoms with E-state index in [2.05, 4.69) is 4.98 Å². The van der Waals surface area contributed by atoms with Crippen LogP contribution in [-0.2, 0) is 9.53 Å². The molecule has 2 rings (SSSR count). The number of rotatable bonds is 6. The van der Waals surface area contributed by atoms with E-state index in [0.29, 0.717) is 10.7 Å². The van der Waals surface area contributed by atoms with Crippen LogP contribution in [0.1, 0.15) is 16.8 Å². The molecule has 1 aromatic carbocycles. The normalized spacial score (nSPS) is 9.96. The highest BCUT2D eigenvalue weighted by Crippen LogP contribution is 2.20. The van der Waals surface area contributed by atoms with Crippen LogP contribution in [0.2, 0.25) is 10.2 Å². The van der Waals surface area contributed by atoms with E-state index >= 15 is 0 Å². The summed E-state index contributed by atoms with van der Waals surface area (Å²) in [7, 11) is 0. The van der Waals surface area contributed by atoms with Crippen LogP contribution >= 0.6 is 23.2 Å². The number of ether oxygens (including phenoxy) is 1. The monoisotopic (exact) mass is 377 g/mol. The molecule has 0 N–H and O–H groups in total. The molecule has 1 heterocycles. The lowest BCUT2D eigenvalue weighted by Crippen LogP contribution is -2.35. The summed E-state index contributed by atoms with van der Waals surface area (Å²) in [5, 5.41) is 9.38. The number of hydrogen-bond acceptors (Lipinski definition) is 5. The van der Waals surface area contributed by atoms with Crippen molar-refractivity contribution in [1.29, 1.82) is 5.26 Å². The third-order valence-electron chi connectivity index (χ3n) is 3.16. The lowest BCUT2D eigenvalue weighted by atomic mass is 10.2. The number of carbonyl (C=O) groups is 2. The predicted octanol–water partition coefficient (Wildman–Crippen LogP) is 3.49. The van der Waals surface area contributed by atoms with Crippen molar-refractivity contribution in [3.8, 4) is 6.07 Å². The number of aromatic nitrogens is 1. The molecule has 2 aromatic rings. The predicted molar refractivity (Wildman–Crippen MR) is 93.6 cm³/mol. The van der Waals surface area contributed by atoms with Crippen molar-refractivity contribution in [3.63, 3.8) is 0 Å². The van der Waals surface area contributed by atoms with Gasteiger partial charge < -0.3 is 9.64 Å². The van der Waals surface area contributed by atoms with E-state index in [9.17, 15) is 9.59 Å². The van der Waals surface area contributed by atoms with Crippen molar-refractivity contribution in [2.75, 3.05) is 18.1 Å². The van der Waals surface area contributed by atoms with E-state index in [4.69, 9.17) is 33.2 Å². The number of halogens is 2. The number of carbonyl (C=O) groups excluding carboxylic acids is 2. The minimum absolute atomic E-state index is 0.131. The molecule has 0 aliphatic rings. The van der Waals surface area contributed by atoms with Gasteiger partial charge in [-0.2, -0.15) is 5.26 Å². The van der Waals surface area contributed by atoms with Gasteiger partial charge in [-0.3, -0.25) is 4.79 Å². The average Bonchev–Trinajstić information content (AvgIpc) is 2.60. The molecule has 0 atom stereocenters. The Hall–Kier alpha value is -2.62. The SMILES string of the molecule is N#CCCN(C(=O)COC(=O)c1ccnc(Cl)c1)c1cccc(Cl)c1. The lowest BCUT2D eigenvalue weighted by Gasteiger charge is -2.21. The zero-order chi connectivity index (χ0) is 18.2. The molecular weight excluding hydrogens is 365 g/mol. The van der Waals surface area contributed by atoms with Gasteiger partial charge in [0.05, 0.1) is 18.1 Å². The van der Waals surface area contributed by atoms with Gasteiger partial charge >= 0.3 is 5.97 Å². The van der Waals surface area contributed by atoms with Crippen molar-refractivity contribution in [1.82, 2.24) is 4.98 Å². The van der Waals surface area contributed by atoms with Crippen LogP contribution in [0.4, 0.5) is 5.69 Å². The first-order valence-electron chi connectivity index (χ1n) is 7.23. The van der Waals surface area contributed by atoms with Crippen LogP contribution in [-0.4, -0.2) is 30.0 Å². The highest BCUT2D eigenvalue weighted by atomic mass is 35.5. The molecule has 8 heteroatoms. The molecule has 0 saturated carbocycles. The Balaban J connectivity index is 2.06. The van der Waals surface area contributed by atoms with Crippen molar-refractivity contribution in [3.05, 3.63) is 58.3 Å². The molecule has 0 unspecified atom stereocenters. The summed E-state index contributed by atoms with van der Waals surface area (Å²) >= 11 is 11.7. The van der Waals surface area contributed by atoms with Gasteiger partial charge in [-0.25, -0.2) is 9.78 Å².